The molecule has 5 heteroatoms. The van der Waals surface area contributed by atoms with Crippen LogP contribution in [0.1, 0.15) is 19.8 Å². The normalized spacial score (nSPS) is 27.0. The summed E-state index contributed by atoms with van der Waals surface area (Å²) in [7, 11) is 1.63. The van der Waals surface area contributed by atoms with Crippen molar-refractivity contribution in [3.05, 3.63) is 24.3 Å². The SMILES string of the molecule is COc1ccccc1N1CC(C)(C2CCNCC2)OCC1=O. The van der Waals surface area contributed by atoms with Crippen LogP contribution in [0.4, 0.5) is 5.69 Å². The number of hydrogen-bond acceptors (Lipinski definition) is 4. The second-order valence-electron chi connectivity index (χ2n) is 6.28. The molecule has 1 atom stereocenters. The summed E-state index contributed by atoms with van der Waals surface area (Å²) in [5.41, 5.74) is 0.537. The van der Waals surface area contributed by atoms with Crippen molar-refractivity contribution in [3.8, 4) is 5.75 Å². The standard InChI is InChI=1S/C17H24N2O3/c1-17(13-7-9-18-10-8-13)12-19(16(20)11-22-17)14-5-3-4-6-15(14)21-2/h3-6,13,18H,7-12H2,1-2H3. The van der Waals surface area contributed by atoms with E-state index in [4.69, 9.17) is 9.47 Å². The number of ether oxygens (including phenoxy) is 2. The number of anilines is 1. The molecule has 1 aromatic carbocycles. The van der Waals surface area contributed by atoms with Gasteiger partial charge >= 0.3 is 0 Å². The quantitative estimate of drug-likeness (QED) is 0.925. The van der Waals surface area contributed by atoms with Crippen molar-refractivity contribution in [2.45, 2.75) is 25.4 Å². The molecule has 3 rings (SSSR count). The lowest BCUT2D eigenvalue weighted by molar-refractivity contribution is -0.144. The van der Waals surface area contributed by atoms with E-state index in [9.17, 15) is 4.79 Å². The molecule has 2 fully saturated rings. The zero-order valence-corrected chi connectivity index (χ0v) is 13.3. The van der Waals surface area contributed by atoms with Gasteiger partial charge in [-0.3, -0.25) is 4.79 Å². The summed E-state index contributed by atoms with van der Waals surface area (Å²) in [6, 6.07) is 7.67. The third-order valence-electron chi connectivity index (χ3n) is 4.88. The van der Waals surface area contributed by atoms with Crippen LogP contribution in [0.2, 0.25) is 0 Å². The molecule has 2 saturated heterocycles. The van der Waals surface area contributed by atoms with Crippen molar-refractivity contribution in [1.82, 2.24) is 5.32 Å². The lowest BCUT2D eigenvalue weighted by Gasteiger charge is -2.46. The molecule has 0 spiro atoms. The predicted molar refractivity (Wildman–Crippen MR) is 85.3 cm³/mol. The fourth-order valence-electron chi connectivity index (χ4n) is 3.50. The Bertz CT molecular complexity index is 542. The van der Waals surface area contributed by atoms with Gasteiger partial charge in [0.15, 0.2) is 0 Å². The maximum absolute atomic E-state index is 12.4. The van der Waals surface area contributed by atoms with Gasteiger partial charge in [0.1, 0.15) is 12.4 Å². The van der Waals surface area contributed by atoms with Gasteiger partial charge in [-0.1, -0.05) is 12.1 Å². The summed E-state index contributed by atoms with van der Waals surface area (Å²) in [5.74, 6) is 1.19. The van der Waals surface area contributed by atoms with E-state index in [0.29, 0.717) is 12.5 Å². The summed E-state index contributed by atoms with van der Waals surface area (Å²) >= 11 is 0. The number of para-hydroxylation sites is 2. The van der Waals surface area contributed by atoms with Gasteiger partial charge in [-0.2, -0.15) is 0 Å². The van der Waals surface area contributed by atoms with Crippen LogP contribution >= 0.6 is 0 Å². The maximum atomic E-state index is 12.4. The fraction of sp³-hybridized carbons (Fsp3) is 0.588. The monoisotopic (exact) mass is 304 g/mol. The molecule has 2 aliphatic rings. The lowest BCUT2D eigenvalue weighted by Crippen LogP contribution is -2.58. The molecule has 1 unspecified atom stereocenters. The van der Waals surface area contributed by atoms with Gasteiger partial charge in [-0.05, 0) is 50.9 Å². The van der Waals surface area contributed by atoms with Crippen molar-refractivity contribution < 1.29 is 14.3 Å². The van der Waals surface area contributed by atoms with E-state index in [2.05, 4.69) is 12.2 Å². The highest BCUT2D eigenvalue weighted by Crippen LogP contribution is 2.37. The van der Waals surface area contributed by atoms with Gasteiger partial charge in [-0.25, -0.2) is 0 Å². The first-order valence-corrected chi connectivity index (χ1v) is 7.92. The molecule has 0 saturated carbocycles. The van der Waals surface area contributed by atoms with Crippen LogP contribution in [0.5, 0.6) is 5.75 Å². The number of nitrogens with zero attached hydrogens (tertiary/aromatic N) is 1. The number of rotatable bonds is 3. The highest BCUT2D eigenvalue weighted by molar-refractivity contribution is 5.96. The first kappa shape index (κ1) is 15.3. The molecule has 0 bridgehead atoms. The van der Waals surface area contributed by atoms with Crippen molar-refractivity contribution in [3.63, 3.8) is 0 Å². The van der Waals surface area contributed by atoms with Crippen LogP contribution < -0.4 is 15.0 Å². The number of benzene rings is 1. The van der Waals surface area contributed by atoms with Crippen LogP contribution in [0.15, 0.2) is 24.3 Å². The molecular formula is C17H24N2O3. The Morgan fingerprint density at radius 1 is 1.32 bits per heavy atom. The molecule has 1 amide bonds. The minimum Gasteiger partial charge on any atom is -0.495 e. The number of amides is 1. The second kappa shape index (κ2) is 6.26. The summed E-state index contributed by atoms with van der Waals surface area (Å²) in [5, 5.41) is 3.38. The van der Waals surface area contributed by atoms with E-state index in [-0.39, 0.29) is 18.1 Å². The van der Waals surface area contributed by atoms with Crippen molar-refractivity contribution in [2.75, 3.05) is 38.3 Å². The molecule has 0 radical (unpaired) electrons. The highest BCUT2D eigenvalue weighted by atomic mass is 16.5. The van der Waals surface area contributed by atoms with Crippen LogP contribution in [-0.2, 0) is 9.53 Å². The van der Waals surface area contributed by atoms with Gasteiger partial charge in [0.05, 0.1) is 24.9 Å². The molecule has 22 heavy (non-hydrogen) atoms. The molecule has 2 aliphatic heterocycles. The summed E-state index contributed by atoms with van der Waals surface area (Å²) in [6.45, 7) is 4.89. The largest absolute Gasteiger partial charge is 0.495 e. The highest BCUT2D eigenvalue weighted by Gasteiger charge is 2.43. The first-order valence-electron chi connectivity index (χ1n) is 7.92. The Morgan fingerprint density at radius 2 is 2.05 bits per heavy atom. The van der Waals surface area contributed by atoms with E-state index < -0.39 is 0 Å². The second-order valence-corrected chi connectivity index (χ2v) is 6.28. The Balaban J connectivity index is 1.85. The number of morpholine rings is 1. The number of carbonyl (C=O) groups excluding carboxylic acids is 1. The molecule has 0 aliphatic carbocycles. The topological polar surface area (TPSA) is 50.8 Å². The number of nitrogens with one attached hydrogen (secondary N) is 1. The van der Waals surface area contributed by atoms with E-state index in [0.717, 1.165) is 37.4 Å². The maximum Gasteiger partial charge on any atom is 0.253 e. The molecule has 1 aromatic rings. The average molecular weight is 304 g/mol. The minimum atomic E-state index is -0.295. The van der Waals surface area contributed by atoms with Crippen LogP contribution in [0.25, 0.3) is 0 Å². The minimum absolute atomic E-state index is 0.00379. The fourth-order valence-corrected chi connectivity index (χ4v) is 3.50. The molecule has 1 N–H and O–H groups in total. The van der Waals surface area contributed by atoms with Gasteiger partial charge in [0.25, 0.3) is 5.91 Å². The van der Waals surface area contributed by atoms with Crippen molar-refractivity contribution in [1.29, 1.82) is 0 Å². The Hall–Kier alpha value is -1.59. The van der Waals surface area contributed by atoms with Crippen molar-refractivity contribution in [2.24, 2.45) is 5.92 Å². The van der Waals surface area contributed by atoms with Gasteiger partial charge in [-0.15, -0.1) is 0 Å². The zero-order valence-electron chi connectivity index (χ0n) is 13.3. The summed E-state index contributed by atoms with van der Waals surface area (Å²) < 4.78 is 11.4. The smallest absolute Gasteiger partial charge is 0.253 e. The summed E-state index contributed by atoms with van der Waals surface area (Å²) in [6.07, 6.45) is 2.18. The van der Waals surface area contributed by atoms with E-state index in [1.165, 1.54) is 0 Å². The number of carbonyl (C=O) groups is 1. The Kier molecular flexibility index (Phi) is 4.36. The van der Waals surface area contributed by atoms with Crippen LogP contribution in [-0.4, -0.2) is 44.9 Å². The predicted octanol–water partition coefficient (Wildman–Crippen LogP) is 1.82. The summed E-state index contributed by atoms with van der Waals surface area (Å²) in [4.78, 5) is 14.2. The van der Waals surface area contributed by atoms with Gasteiger partial charge in [0.2, 0.25) is 0 Å². The number of methoxy groups -OCH3 is 1. The third-order valence-corrected chi connectivity index (χ3v) is 4.88. The van der Waals surface area contributed by atoms with E-state index in [1.54, 1.807) is 7.11 Å². The van der Waals surface area contributed by atoms with E-state index >= 15 is 0 Å². The first-order chi connectivity index (χ1) is 10.6. The lowest BCUT2D eigenvalue weighted by atomic mass is 9.80. The van der Waals surface area contributed by atoms with Gasteiger partial charge in [0, 0.05) is 0 Å². The molecular weight excluding hydrogens is 280 g/mol. The third kappa shape index (κ3) is 2.83. The zero-order chi connectivity index (χ0) is 15.6. The molecule has 120 valence electrons. The molecule has 0 aromatic heterocycles. The van der Waals surface area contributed by atoms with E-state index in [1.807, 2.05) is 29.2 Å². The van der Waals surface area contributed by atoms with Gasteiger partial charge < -0.3 is 19.7 Å². The Labute approximate surface area is 131 Å². The number of piperidine rings is 1. The Morgan fingerprint density at radius 3 is 2.77 bits per heavy atom. The van der Waals surface area contributed by atoms with Crippen LogP contribution in [0.3, 0.4) is 0 Å². The molecule has 2 heterocycles. The van der Waals surface area contributed by atoms with Crippen LogP contribution in [0, 0.1) is 5.92 Å². The van der Waals surface area contributed by atoms with Crippen molar-refractivity contribution >= 4 is 11.6 Å². The molecule has 5 nitrogen and oxygen atoms in total. The average Bonchev–Trinajstić information content (AvgIpc) is 2.58. The number of hydrogen-bond donors (Lipinski definition) is 1.